The summed E-state index contributed by atoms with van der Waals surface area (Å²) >= 11 is 4.73. The minimum absolute atomic E-state index is 0.197. The monoisotopic (exact) mass is 444 g/mol. The molecule has 2 aromatic carbocycles. The number of esters is 1. The third kappa shape index (κ3) is 5.02. The Kier molecular flexibility index (Phi) is 6.03. The standard InChI is InChI=1S/C20H17BrN2O3S/c1-12-3-5-14(6-4-12)19-23-17(11-27-19)20(25)26-10-18(24)22-16-8-7-15(21)9-13(16)2/h3-9,11H,10H2,1-2H3,(H,22,24). The first-order chi connectivity index (χ1) is 12.9. The number of carbonyl (C=O) groups excluding carboxylic acids is 2. The number of carbonyl (C=O) groups is 2. The minimum Gasteiger partial charge on any atom is -0.451 e. The van der Waals surface area contributed by atoms with Gasteiger partial charge in [0.15, 0.2) is 12.3 Å². The summed E-state index contributed by atoms with van der Waals surface area (Å²) < 4.78 is 6.01. The predicted molar refractivity (Wildman–Crippen MR) is 110 cm³/mol. The van der Waals surface area contributed by atoms with Crippen molar-refractivity contribution in [1.82, 2.24) is 4.98 Å². The summed E-state index contributed by atoms with van der Waals surface area (Å²) in [4.78, 5) is 28.5. The van der Waals surface area contributed by atoms with Crippen LogP contribution in [0.3, 0.4) is 0 Å². The van der Waals surface area contributed by atoms with Gasteiger partial charge in [0.25, 0.3) is 5.91 Å². The van der Waals surface area contributed by atoms with Crippen molar-refractivity contribution in [2.75, 3.05) is 11.9 Å². The van der Waals surface area contributed by atoms with Gasteiger partial charge in [0.2, 0.25) is 0 Å². The predicted octanol–water partition coefficient (Wildman–Crippen LogP) is 4.98. The van der Waals surface area contributed by atoms with E-state index in [2.05, 4.69) is 26.2 Å². The van der Waals surface area contributed by atoms with Crippen molar-refractivity contribution in [2.24, 2.45) is 0 Å². The van der Waals surface area contributed by atoms with Crippen LogP contribution >= 0.6 is 27.3 Å². The second-order valence-electron chi connectivity index (χ2n) is 5.99. The molecular weight excluding hydrogens is 428 g/mol. The van der Waals surface area contributed by atoms with Crippen LogP contribution in [0.5, 0.6) is 0 Å². The number of amides is 1. The maximum atomic E-state index is 12.1. The second kappa shape index (κ2) is 8.45. The lowest BCUT2D eigenvalue weighted by atomic mass is 10.2. The number of nitrogens with one attached hydrogen (secondary N) is 1. The number of aromatic nitrogens is 1. The molecule has 5 nitrogen and oxygen atoms in total. The smallest absolute Gasteiger partial charge is 0.358 e. The molecular formula is C20H17BrN2O3S. The molecule has 0 saturated carbocycles. The van der Waals surface area contributed by atoms with E-state index in [0.29, 0.717) is 5.69 Å². The summed E-state index contributed by atoms with van der Waals surface area (Å²) in [6.07, 6.45) is 0. The average molecular weight is 445 g/mol. The van der Waals surface area contributed by atoms with Crippen LogP contribution < -0.4 is 5.32 Å². The highest BCUT2D eigenvalue weighted by Gasteiger charge is 2.15. The molecule has 0 bridgehead atoms. The van der Waals surface area contributed by atoms with Crippen molar-refractivity contribution in [3.8, 4) is 10.6 Å². The molecule has 0 atom stereocenters. The fraction of sp³-hybridized carbons (Fsp3) is 0.150. The molecule has 0 fully saturated rings. The molecule has 138 valence electrons. The number of rotatable bonds is 5. The van der Waals surface area contributed by atoms with Crippen molar-refractivity contribution in [3.63, 3.8) is 0 Å². The summed E-state index contributed by atoms with van der Waals surface area (Å²) in [7, 11) is 0. The Bertz CT molecular complexity index is 983. The van der Waals surface area contributed by atoms with Gasteiger partial charge >= 0.3 is 5.97 Å². The van der Waals surface area contributed by atoms with Crippen LogP contribution in [-0.2, 0) is 9.53 Å². The Hall–Kier alpha value is -2.51. The molecule has 7 heteroatoms. The molecule has 3 aromatic rings. The number of nitrogens with zero attached hydrogens (tertiary/aromatic N) is 1. The maximum Gasteiger partial charge on any atom is 0.358 e. The number of halogens is 1. The van der Waals surface area contributed by atoms with E-state index in [1.807, 2.05) is 50.2 Å². The van der Waals surface area contributed by atoms with E-state index in [1.54, 1.807) is 11.4 Å². The highest BCUT2D eigenvalue weighted by molar-refractivity contribution is 9.10. The van der Waals surface area contributed by atoms with E-state index in [4.69, 9.17) is 4.74 Å². The Balaban J connectivity index is 1.57. The van der Waals surface area contributed by atoms with Crippen LogP contribution in [0.25, 0.3) is 10.6 Å². The van der Waals surface area contributed by atoms with Crippen LogP contribution in [0.2, 0.25) is 0 Å². The summed E-state index contributed by atoms with van der Waals surface area (Å²) in [5.74, 6) is -1.02. The first-order valence-electron chi connectivity index (χ1n) is 8.18. The fourth-order valence-electron chi connectivity index (χ4n) is 2.35. The highest BCUT2D eigenvalue weighted by atomic mass is 79.9. The fourth-order valence-corrected chi connectivity index (χ4v) is 3.63. The second-order valence-corrected chi connectivity index (χ2v) is 7.76. The molecule has 1 N–H and O–H groups in total. The van der Waals surface area contributed by atoms with Gasteiger partial charge in [-0.05, 0) is 37.6 Å². The van der Waals surface area contributed by atoms with Crippen LogP contribution in [0.4, 0.5) is 5.69 Å². The highest BCUT2D eigenvalue weighted by Crippen LogP contribution is 2.24. The maximum absolute atomic E-state index is 12.1. The van der Waals surface area contributed by atoms with Crippen molar-refractivity contribution in [1.29, 1.82) is 0 Å². The zero-order chi connectivity index (χ0) is 19.4. The number of hydrogen-bond acceptors (Lipinski definition) is 5. The summed E-state index contributed by atoms with van der Waals surface area (Å²) in [6, 6.07) is 13.4. The van der Waals surface area contributed by atoms with Gasteiger partial charge in [-0.15, -0.1) is 11.3 Å². The quantitative estimate of drug-likeness (QED) is 0.563. The van der Waals surface area contributed by atoms with Gasteiger partial charge in [-0.25, -0.2) is 9.78 Å². The lowest BCUT2D eigenvalue weighted by Crippen LogP contribution is -2.21. The number of benzene rings is 2. The van der Waals surface area contributed by atoms with Gasteiger partial charge in [0.05, 0.1) is 0 Å². The molecule has 3 rings (SSSR count). The van der Waals surface area contributed by atoms with E-state index < -0.39 is 11.9 Å². The largest absolute Gasteiger partial charge is 0.451 e. The number of anilines is 1. The number of ether oxygens (including phenoxy) is 1. The lowest BCUT2D eigenvalue weighted by molar-refractivity contribution is -0.119. The SMILES string of the molecule is Cc1ccc(-c2nc(C(=O)OCC(=O)Nc3ccc(Br)cc3C)cs2)cc1. The average Bonchev–Trinajstić information content (AvgIpc) is 3.13. The van der Waals surface area contributed by atoms with E-state index in [-0.39, 0.29) is 12.3 Å². The van der Waals surface area contributed by atoms with Gasteiger partial charge in [0, 0.05) is 21.1 Å². The van der Waals surface area contributed by atoms with Crippen molar-refractivity contribution in [2.45, 2.75) is 13.8 Å². The molecule has 0 saturated heterocycles. The van der Waals surface area contributed by atoms with E-state index in [9.17, 15) is 9.59 Å². The van der Waals surface area contributed by atoms with E-state index >= 15 is 0 Å². The summed E-state index contributed by atoms with van der Waals surface area (Å²) in [6.45, 7) is 3.52. The van der Waals surface area contributed by atoms with Crippen LogP contribution in [-0.4, -0.2) is 23.5 Å². The van der Waals surface area contributed by atoms with E-state index in [1.165, 1.54) is 11.3 Å². The molecule has 0 unspecified atom stereocenters. The lowest BCUT2D eigenvalue weighted by Gasteiger charge is -2.08. The van der Waals surface area contributed by atoms with Gasteiger partial charge in [-0.1, -0.05) is 45.8 Å². The van der Waals surface area contributed by atoms with Crippen molar-refractivity contribution < 1.29 is 14.3 Å². The molecule has 0 aliphatic rings. The molecule has 0 aliphatic carbocycles. The van der Waals surface area contributed by atoms with Crippen molar-refractivity contribution >= 4 is 44.8 Å². The topological polar surface area (TPSA) is 68.3 Å². The first kappa shape index (κ1) is 19.3. The van der Waals surface area contributed by atoms with Gasteiger partial charge in [-0.2, -0.15) is 0 Å². The Morgan fingerprint density at radius 2 is 1.89 bits per heavy atom. The minimum atomic E-state index is -0.618. The van der Waals surface area contributed by atoms with Crippen LogP contribution in [0, 0.1) is 13.8 Å². The Morgan fingerprint density at radius 1 is 1.15 bits per heavy atom. The van der Waals surface area contributed by atoms with Crippen LogP contribution in [0.15, 0.2) is 52.3 Å². The molecule has 0 radical (unpaired) electrons. The third-order valence-electron chi connectivity index (χ3n) is 3.81. The summed E-state index contributed by atoms with van der Waals surface area (Å²) in [5.41, 5.74) is 3.87. The summed E-state index contributed by atoms with van der Waals surface area (Å²) in [5, 5.41) is 5.09. The van der Waals surface area contributed by atoms with Crippen molar-refractivity contribution in [3.05, 3.63) is 69.1 Å². The zero-order valence-corrected chi connectivity index (χ0v) is 17.2. The van der Waals surface area contributed by atoms with Gasteiger partial charge < -0.3 is 10.1 Å². The number of aryl methyl sites for hydroxylation is 2. The molecule has 1 heterocycles. The third-order valence-corrected chi connectivity index (χ3v) is 5.19. The number of hydrogen-bond donors (Lipinski definition) is 1. The molecule has 1 amide bonds. The molecule has 1 aromatic heterocycles. The Labute approximate surface area is 169 Å². The molecule has 0 spiro atoms. The Morgan fingerprint density at radius 3 is 2.59 bits per heavy atom. The number of thiazole rings is 1. The van der Waals surface area contributed by atoms with Gasteiger partial charge in [-0.3, -0.25) is 4.79 Å². The normalized spacial score (nSPS) is 10.5. The van der Waals surface area contributed by atoms with E-state index in [0.717, 1.165) is 26.2 Å². The first-order valence-corrected chi connectivity index (χ1v) is 9.85. The zero-order valence-electron chi connectivity index (χ0n) is 14.8. The van der Waals surface area contributed by atoms with Gasteiger partial charge in [0.1, 0.15) is 5.01 Å². The molecule has 0 aliphatic heterocycles. The molecule has 27 heavy (non-hydrogen) atoms. The van der Waals surface area contributed by atoms with Crippen LogP contribution in [0.1, 0.15) is 21.6 Å².